The molecule has 2 amide bonds. The predicted octanol–water partition coefficient (Wildman–Crippen LogP) is 3.41. The van der Waals surface area contributed by atoms with Gasteiger partial charge >= 0.3 is 0 Å². The highest BCUT2D eigenvalue weighted by Crippen LogP contribution is 2.33. The van der Waals surface area contributed by atoms with E-state index in [1.807, 2.05) is 18.3 Å². The van der Waals surface area contributed by atoms with E-state index < -0.39 is 30.0 Å². The van der Waals surface area contributed by atoms with E-state index in [9.17, 15) is 20.0 Å². The summed E-state index contributed by atoms with van der Waals surface area (Å²) >= 11 is 0. The van der Waals surface area contributed by atoms with Gasteiger partial charge in [0.25, 0.3) is 11.8 Å². The van der Waals surface area contributed by atoms with Crippen LogP contribution in [0, 0.1) is 11.5 Å². The summed E-state index contributed by atoms with van der Waals surface area (Å²) in [5.41, 5.74) is 2.30. The van der Waals surface area contributed by atoms with Crippen molar-refractivity contribution in [1.29, 1.82) is 5.26 Å². The third-order valence-corrected chi connectivity index (χ3v) is 6.66. The summed E-state index contributed by atoms with van der Waals surface area (Å²) in [5.74, 6) is -0.581. The molecular formula is C29H32N6O4. The first-order valence-corrected chi connectivity index (χ1v) is 12.6. The number of ether oxygens (including phenoxy) is 1. The van der Waals surface area contributed by atoms with E-state index in [0.717, 1.165) is 5.56 Å². The van der Waals surface area contributed by atoms with Gasteiger partial charge in [-0.05, 0) is 35.2 Å². The van der Waals surface area contributed by atoms with Gasteiger partial charge in [0.05, 0.1) is 31.6 Å². The van der Waals surface area contributed by atoms with Gasteiger partial charge in [-0.25, -0.2) is 4.98 Å². The Bertz CT molecular complexity index is 1330. The number of benzene rings is 1. The van der Waals surface area contributed by atoms with Crippen molar-refractivity contribution >= 4 is 23.2 Å². The number of nitrogens with zero attached hydrogens (tertiary/aromatic N) is 5. The molecule has 10 heteroatoms. The molecule has 3 heterocycles. The van der Waals surface area contributed by atoms with Crippen LogP contribution < -0.4 is 15.0 Å². The largest absolute Gasteiger partial charge is 0.481 e. The number of nitriles is 1. The lowest BCUT2D eigenvalue weighted by molar-refractivity contribution is -0.126. The summed E-state index contributed by atoms with van der Waals surface area (Å²) in [5, 5.41) is 22.8. The van der Waals surface area contributed by atoms with Crippen molar-refractivity contribution in [2.24, 2.45) is 0 Å². The average molecular weight is 529 g/mol. The van der Waals surface area contributed by atoms with E-state index in [1.165, 1.54) is 29.3 Å². The number of hydrogen-bond donors (Lipinski definition) is 2. The van der Waals surface area contributed by atoms with E-state index in [0.29, 0.717) is 22.8 Å². The van der Waals surface area contributed by atoms with Crippen molar-refractivity contribution in [3.8, 4) is 12.1 Å². The second-order valence-corrected chi connectivity index (χ2v) is 10.4. The van der Waals surface area contributed by atoms with Crippen LogP contribution in [0.1, 0.15) is 44.4 Å². The summed E-state index contributed by atoms with van der Waals surface area (Å²) in [6.45, 7) is 6.31. The molecule has 1 saturated heterocycles. The van der Waals surface area contributed by atoms with Gasteiger partial charge in [-0.2, -0.15) is 5.26 Å². The second kappa shape index (κ2) is 11.5. The van der Waals surface area contributed by atoms with E-state index in [4.69, 9.17) is 4.74 Å². The number of nitrogens with one attached hydrogen (secondary N) is 1. The number of pyridine rings is 2. The van der Waals surface area contributed by atoms with Crippen LogP contribution in [-0.4, -0.2) is 57.6 Å². The molecule has 39 heavy (non-hydrogen) atoms. The Morgan fingerprint density at radius 1 is 1.18 bits per heavy atom. The first kappa shape index (κ1) is 27.5. The number of carbonyl (C=O) groups is 2. The Morgan fingerprint density at radius 3 is 2.49 bits per heavy atom. The lowest BCUT2D eigenvalue weighted by Gasteiger charge is -2.34. The second-order valence-electron chi connectivity index (χ2n) is 10.4. The standard InChI is InChI=1S/C29H32N6O4/c1-29(2,3)20-7-10-22(11-8-20)35(28(38)24-14-23(36)17-34(24)18-30)26(19-6-5-13-31-15-19)27(37)33-21-9-12-25(39-4)32-16-21/h5-13,15-16,23-24,26,36H,14,17H2,1-4H3,(H,33,37). The molecule has 3 atom stereocenters. The highest BCUT2D eigenvalue weighted by molar-refractivity contribution is 6.07. The third-order valence-electron chi connectivity index (χ3n) is 6.66. The van der Waals surface area contributed by atoms with Crippen molar-refractivity contribution in [2.75, 3.05) is 23.9 Å². The lowest BCUT2D eigenvalue weighted by atomic mass is 9.87. The van der Waals surface area contributed by atoms with Crippen LogP contribution >= 0.6 is 0 Å². The molecule has 10 nitrogen and oxygen atoms in total. The van der Waals surface area contributed by atoms with Gasteiger partial charge in [-0.1, -0.05) is 39.0 Å². The fourth-order valence-electron chi connectivity index (χ4n) is 4.59. The van der Waals surface area contributed by atoms with E-state index >= 15 is 0 Å². The number of likely N-dealkylation sites (tertiary alicyclic amines) is 1. The maximum absolute atomic E-state index is 14.2. The van der Waals surface area contributed by atoms with Gasteiger partial charge in [0.2, 0.25) is 5.88 Å². The predicted molar refractivity (Wildman–Crippen MR) is 146 cm³/mol. The minimum absolute atomic E-state index is 0.0466. The summed E-state index contributed by atoms with van der Waals surface area (Å²) in [7, 11) is 1.50. The number of carbonyl (C=O) groups excluding carboxylic acids is 2. The number of rotatable bonds is 7. The minimum Gasteiger partial charge on any atom is -0.481 e. The zero-order valence-corrected chi connectivity index (χ0v) is 22.4. The van der Waals surface area contributed by atoms with Crippen molar-refractivity contribution in [2.45, 2.75) is 50.8 Å². The van der Waals surface area contributed by atoms with Crippen LogP contribution in [0.5, 0.6) is 5.88 Å². The molecule has 1 aromatic carbocycles. The lowest BCUT2D eigenvalue weighted by Crippen LogP contribution is -2.49. The van der Waals surface area contributed by atoms with Crippen molar-refractivity contribution in [3.63, 3.8) is 0 Å². The molecule has 1 fully saturated rings. The molecule has 0 spiro atoms. The topological polar surface area (TPSA) is 132 Å². The number of aliphatic hydroxyl groups excluding tert-OH is 1. The van der Waals surface area contributed by atoms with Crippen molar-refractivity contribution in [1.82, 2.24) is 14.9 Å². The smallest absolute Gasteiger partial charge is 0.252 e. The molecule has 0 bridgehead atoms. The number of aromatic nitrogens is 2. The molecule has 3 aromatic rings. The summed E-state index contributed by atoms with van der Waals surface area (Å²) in [6.07, 6.45) is 5.84. The third kappa shape index (κ3) is 6.16. The Hall–Kier alpha value is -4.49. The fraction of sp³-hybridized carbons (Fsp3) is 0.345. The number of hydrogen-bond acceptors (Lipinski definition) is 8. The molecule has 1 aliphatic heterocycles. The number of anilines is 2. The number of amides is 2. The molecule has 2 aromatic heterocycles. The number of methoxy groups -OCH3 is 1. The first-order chi connectivity index (χ1) is 18.6. The Morgan fingerprint density at radius 2 is 1.92 bits per heavy atom. The van der Waals surface area contributed by atoms with E-state index in [2.05, 4.69) is 36.1 Å². The summed E-state index contributed by atoms with van der Waals surface area (Å²) in [6, 6.07) is 12.1. The van der Waals surface area contributed by atoms with E-state index in [1.54, 1.807) is 42.6 Å². The highest BCUT2D eigenvalue weighted by atomic mass is 16.5. The normalized spacial score (nSPS) is 17.7. The average Bonchev–Trinajstić information content (AvgIpc) is 3.32. The van der Waals surface area contributed by atoms with Gasteiger partial charge < -0.3 is 15.2 Å². The quantitative estimate of drug-likeness (QED) is 0.446. The molecule has 0 radical (unpaired) electrons. The molecule has 2 N–H and O–H groups in total. The molecular weight excluding hydrogens is 496 g/mol. The van der Waals surface area contributed by atoms with Gasteiger partial charge in [0.1, 0.15) is 12.1 Å². The summed E-state index contributed by atoms with van der Waals surface area (Å²) in [4.78, 5) is 39.1. The van der Waals surface area contributed by atoms with Gasteiger partial charge in [-0.15, -0.1) is 0 Å². The molecule has 1 aliphatic rings. The Labute approximate surface area is 227 Å². The number of β-amino-alcohol motifs (C(OH)–C–C–N with tert-alkyl or cyclic N) is 1. The summed E-state index contributed by atoms with van der Waals surface area (Å²) < 4.78 is 5.10. The molecule has 202 valence electrons. The van der Waals surface area contributed by atoms with Crippen LogP contribution in [0.25, 0.3) is 0 Å². The Kier molecular flexibility index (Phi) is 8.12. The first-order valence-electron chi connectivity index (χ1n) is 12.6. The number of aliphatic hydroxyl groups is 1. The van der Waals surface area contributed by atoms with Gasteiger partial charge in [0, 0.05) is 36.1 Å². The SMILES string of the molecule is COc1ccc(NC(=O)C(c2cccnc2)N(C(=O)C2CC(O)CN2C#N)c2ccc(C(C)(C)C)cc2)cn1. The maximum atomic E-state index is 14.2. The minimum atomic E-state index is -1.13. The van der Waals surface area contributed by atoms with Crippen molar-refractivity contribution in [3.05, 3.63) is 78.2 Å². The zero-order valence-electron chi connectivity index (χ0n) is 22.4. The van der Waals surface area contributed by atoms with Crippen molar-refractivity contribution < 1.29 is 19.4 Å². The Balaban J connectivity index is 1.81. The molecule has 3 unspecified atom stereocenters. The van der Waals surface area contributed by atoms with Crippen LogP contribution in [0.2, 0.25) is 0 Å². The molecule has 0 aliphatic carbocycles. The van der Waals surface area contributed by atoms with Gasteiger partial charge in [0.15, 0.2) is 6.19 Å². The monoisotopic (exact) mass is 528 g/mol. The van der Waals surface area contributed by atoms with E-state index in [-0.39, 0.29) is 18.4 Å². The molecule has 0 saturated carbocycles. The van der Waals surface area contributed by atoms with Crippen LogP contribution in [0.3, 0.4) is 0 Å². The van der Waals surface area contributed by atoms with Crippen LogP contribution in [-0.2, 0) is 15.0 Å². The van der Waals surface area contributed by atoms with Crippen LogP contribution in [0.15, 0.2) is 67.1 Å². The van der Waals surface area contributed by atoms with Crippen LogP contribution in [0.4, 0.5) is 11.4 Å². The zero-order chi connectivity index (χ0) is 28.2. The maximum Gasteiger partial charge on any atom is 0.252 e. The highest BCUT2D eigenvalue weighted by Gasteiger charge is 2.42. The fourth-order valence-corrected chi connectivity index (χ4v) is 4.59. The van der Waals surface area contributed by atoms with Gasteiger partial charge in [-0.3, -0.25) is 24.4 Å². The molecule has 4 rings (SSSR count).